The molecule has 1 rings (SSSR count). The highest BCUT2D eigenvalue weighted by atomic mass is 16.6. The number of hydrogen-bond donors (Lipinski definition) is 1. The van der Waals surface area contributed by atoms with Gasteiger partial charge in [0.15, 0.2) is 0 Å². The molecule has 0 fully saturated rings. The summed E-state index contributed by atoms with van der Waals surface area (Å²) in [5.74, 6) is -0.251. The monoisotopic (exact) mass is 297 g/mol. The molecule has 0 aromatic carbocycles. The summed E-state index contributed by atoms with van der Waals surface area (Å²) in [6.45, 7) is 5.40. The molecule has 0 radical (unpaired) electrons. The van der Waals surface area contributed by atoms with E-state index in [-0.39, 0.29) is 5.97 Å². The van der Waals surface area contributed by atoms with Gasteiger partial charge in [-0.1, -0.05) is 0 Å². The van der Waals surface area contributed by atoms with Gasteiger partial charge in [-0.05, 0) is 33.6 Å². The van der Waals surface area contributed by atoms with Gasteiger partial charge < -0.3 is 9.47 Å². The molecule has 0 aliphatic heterocycles. The van der Waals surface area contributed by atoms with Crippen LogP contribution in [0.25, 0.3) is 0 Å². The number of amides is 1. The molecule has 0 saturated heterocycles. The summed E-state index contributed by atoms with van der Waals surface area (Å²) in [6, 6.07) is 0. The summed E-state index contributed by atoms with van der Waals surface area (Å²) in [6.07, 6.45) is 2.60. The predicted octanol–water partition coefficient (Wildman–Crippen LogP) is 2.26. The Balaban J connectivity index is 2.63. The molecule has 1 heterocycles. The van der Waals surface area contributed by atoms with Crippen molar-refractivity contribution >= 4 is 17.7 Å². The van der Waals surface area contributed by atoms with E-state index in [1.165, 1.54) is 7.11 Å². The molecule has 0 bridgehead atoms. The van der Waals surface area contributed by atoms with Crippen LogP contribution in [0.5, 0.6) is 0 Å². The van der Waals surface area contributed by atoms with Crippen molar-refractivity contribution in [2.24, 2.45) is 7.05 Å². The highest BCUT2D eigenvalue weighted by Crippen LogP contribution is 2.18. The van der Waals surface area contributed by atoms with Crippen molar-refractivity contribution in [3.05, 3.63) is 11.9 Å². The Morgan fingerprint density at radius 2 is 2.05 bits per heavy atom. The van der Waals surface area contributed by atoms with Gasteiger partial charge in [0, 0.05) is 13.5 Å². The van der Waals surface area contributed by atoms with E-state index >= 15 is 0 Å². The predicted molar refractivity (Wildman–Crippen MR) is 78.0 cm³/mol. The van der Waals surface area contributed by atoms with Crippen LogP contribution >= 0.6 is 0 Å². The van der Waals surface area contributed by atoms with Crippen LogP contribution in [0.4, 0.5) is 10.5 Å². The zero-order valence-electron chi connectivity index (χ0n) is 13.2. The van der Waals surface area contributed by atoms with Crippen LogP contribution in [0.2, 0.25) is 0 Å². The average Bonchev–Trinajstić information content (AvgIpc) is 2.68. The fraction of sp³-hybridized carbons (Fsp3) is 0.643. The molecule has 0 atom stereocenters. The third kappa shape index (κ3) is 5.85. The molecule has 0 spiro atoms. The lowest BCUT2D eigenvalue weighted by Crippen LogP contribution is -2.27. The summed E-state index contributed by atoms with van der Waals surface area (Å²) >= 11 is 0. The topological polar surface area (TPSA) is 82.4 Å². The van der Waals surface area contributed by atoms with Gasteiger partial charge >= 0.3 is 12.1 Å². The lowest BCUT2D eigenvalue weighted by Gasteiger charge is -2.19. The van der Waals surface area contributed by atoms with Crippen LogP contribution in [-0.4, -0.2) is 34.6 Å². The lowest BCUT2D eigenvalue weighted by molar-refractivity contribution is -0.140. The van der Waals surface area contributed by atoms with E-state index in [1.54, 1.807) is 38.7 Å². The normalized spacial score (nSPS) is 11.1. The first kappa shape index (κ1) is 17.0. The second kappa shape index (κ2) is 7.10. The van der Waals surface area contributed by atoms with E-state index in [1.807, 2.05) is 0 Å². The number of anilines is 1. The number of methoxy groups -OCH3 is 1. The van der Waals surface area contributed by atoms with Gasteiger partial charge in [0.1, 0.15) is 5.60 Å². The Labute approximate surface area is 124 Å². The molecule has 1 aromatic heterocycles. The Morgan fingerprint density at radius 1 is 1.38 bits per heavy atom. The van der Waals surface area contributed by atoms with Gasteiger partial charge in [-0.15, -0.1) is 0 Å². The van der Waals surface area contributed by atoms with Gasteiger partial charge in [0.2, 0.25) is 0 Å². The second-order valence-electron chi connectivity index (χ2n) is 5.69. The number of carbonyl (C=O) groups excluding carboxylic acids is 2. The van der Waals surface area contributed by atoms with Crippen molar-refractivity contribution < 1.29 is 19.1 Å². The van der Waals surface area contributed by atoms with Crippen LogP contribution in [0, 0.1) is 0 Å². The van der Waals surface area contributed by atoms with Crippen molar-refractivity contribution in [3.63, 3.8) is 0 Å². The minimum absolute atomic E-state index is 0.251. The maximum atomic E-state index is 11.8. The molecule has 0 saturated carbocycles. The number of hydrogen-bond acceptors (Lipinski definition) is 5. The van der Waals surface area contributed by atoms with Gasteiger partial charge in [0.25, 0.3) is 0 Å². The highest BCUT2D eigenvalue weighted by Gasteiger charge is 2.18. The van der Waals surface area contributed by atoms with E-state index in [0.29, 0.717) is 24.9 Å². The number of aromatic nitrogens is 2. The number of nitrogens with one attached hydrogen (secondary N) is 1. The second-order valence-corrected chi connectivity index (χ2v) is 5.69. The number of esters is 1. The average molecular weight is 297 g/mol. The fourth-order valence-corrected chi connectivity index (χ4v) is 1.78. The smallest absolute Gasteiger partial charge is 0.412 e. The third-order valence-electron chi connectivity index (χ3n) is 2.72. The molecule has 118 valence electrons. The number of aryl methyl sites for hydroxylation is 1. The molecular weight excluding hydrogens is 274 g/mol. The van der Waals surface area contributed by atoms with Crippen molar-refractivity contribution in [2.75, 3.05) is 12.4 Å². The number of nitrogens with zero attached hydrogens (tertiary/aromatic N) is 2. The summed E-state index contributed by atoms with van der Waals surface area (Å²) in [7, 11) is 3.15. The van der Waals surface area contributed by atoms with E-state index in [4.69, 9.17) is 4.74 Å². The van der Waals surface area contributed by atoms with E-state index in [2.05, 4.69) is 15.2 Å². The zero-order chi connectivity index (χ0) is 16.0. The molecular formula is C14H23N3O4. The largest absolute Gasteiger partial charge is 0.469 e. The van der Waals surface area contributed by atoms with Crippen molar-refractivity contribution in [3.8, 4) is 0 Å². The third-order valence-corrected chi connectivity index (χ3v) is 2.72. The van der Waals surface area contributed by atoms with Gasteiger partial charge in [-0.25, -0.2) is 4.79 Å². The zero-order valence-corrected chi connectivity index (χ0v) is 13.2. The quantitative estimate of drug-likeness (QED) is 0.843. The van der Waals surface area contributed by atoms with Gasteiger partial charge in [0.05, 0.1) is 24.7 Å². The van der Waals surface area contributed by atoms with Crippen LogP contribution in [-0.2, 0) is 27.7 Å². The Bertz CT molecular complexity index is 503. The van der Waals surface area contributed by atoms with Gasteiger partial charge in [-0.2, -0.15) is 5.10 Å². The fourth-order valence-electron chi connectivity index (χ4n) is 1.78. The van der Waals surface area contributed by atoms with E-state index in [0.717, 1.165) is 5.69 Å². The SMILES string of the molecule is COC(=O)CCCc1c(NC(=O)OC(C)(C)C)cnn1C. The minimum Gasteiger partial charge on any atom is -0.469 e. The number of rotatable bonds is 5. The van der Waals surface area contributed by atoms with Crippen LogP contribution in [0.15, 0.2) is 6.20 Å². The summed E-state index contributed by atoms with van der Waals surface area (Å²) in [5.41, 5.74) is 0.874. The Morgan fingerprint density at radius 3 is 2.62 bits per heavy atom. The molecule has 0 aliphatic carbocycles. The number of ether oxygens (including phenoxy) is 2. The molecule has 7 heteroatoms. The standard InChI is InChI=1S/C14H23N3O4/c1-14(2,3)21-13(19)16-10-9-15-17(4)11(10)7-6-8-12(18)20-5/h9H,6-8H2,1-5H3,(H,16,19). The molecule has 0 aliphatic rings. The van der Waals surface area contributed by atoms with Gasteiger partial charge in [-0.3, -0.25) is 14.8 Å². The van der Waals surface area contributed by atoms with Crippen LogP contribution in [0.1, 0.15) is 39.3 Å². The first-order valence-corrected chi connectivity index (χ1v) is 6.80. The molecule has 21 heavy (non-hydrogen) atoms. The van der Waals surface area contributed by atoms with Crippen LogP contribution in [0.3, 0.4) is 0 Å². The summed E-state index contributed by atoms with van der Waals surface area (Å²) in [5, 5.41) is 6.79. The first-order valence-electron chi connectivity index (χ1n) is 6.80. The van der Waals surface area contributed by atoms with Crippen molar-refractivity contribution in [1.29, 1.82) is 0 Å². The van der Waals surface area contributed by atoms with Crippen molar-refractivity contribution in [2.45, 2.75) is 45.6 Å². The molecule has 1 aromatic rings. The molecule has 0 unspecified atom stereocenters. The van der Waals surface area contributed by atoms with E-state index in [9.17, 15) is 9.59 Å². The summed E-state index contributed by atoms with van der Waals surface area (Å²) < 4.78 is 11.5. The highest BCUT2D eigenvalue weighted by molar-refractivity contribution is 5.85. The molecule has 1 N–H and O–H groups in total. The van der Waals surface area contributed by atoms with Crippen LogP contribution < -0.4 is 5.32 Å². The molecule has 7 nitrogen and oxygen atoms in total. The number of carbonyl (C=O) groups is 2. The Kier molecular flexibility index (Phi) is 5.75. The lowest BCUT2D eigenvalue weighted by atomic mass is 10.1. The maximum absolute atomic E-state index is 11.8. The molecule has 1 amide bonds. The maximum Gasteiger partial charge on any atom is 0.412 e. The summed E-state index contributed by atoms with van der Waals surface area (Å²) in [4.78, 5) is 22.9. The first-order chi connectivity index (χ1) is 9.73. The van der Waals surface area contributed by atoms with Crippen molar-refractivity contribution in [1.82, 2.24) is 9.78 Å². The van der Waals surface area contributed by atoms with E-state index < -0.39 is 11.7 Å². The Hall–Kier alpha value is -2.05. The minimum atomic E-state index is -0.558.